The molecule has 0 aliphatic heterocycles. The second-order valence-electron chi connectivity index (χ2n) is 8.39. The third kappa shape index (κ3) is 7.55. The van der Waals surface area contributed by atoms with E-state index in [4.69, 9.17) is 5.26 Å². The van der Waals surface area contributed by atoms with E-state index in [-0.39, 0.29) is 18.0 Å². The van der Waals surface area contributed by atoms with Crippen molar-refractivity contribution in [2.24, 2.45) is 0 Å². The molecule has 0 radical (unpaired) electrons. The lowest BCUT2D eigenvalue weighted by molar-refractivity contribution is -0.274. The fourth-order valence-electron chi connectivity index (χ4n) is 3.60. The van der Waals surface area contributed by atoms with Crippen LogP contribution in [0.2, 0.25) is 0 Å². The van der Waals surface area contributed by atoms with Crippen LogP contribution < -0.4 is 14.4 Å². The van der Waals surface area contributed by atoms with Gasteiger partial charge in [0.05, 0.1) is 23.9 Å². The van der Waals surface area contributed by atoms with Crippen molar-refractivity contribution >= 4 is 38.1 Å². The van der Waals surface area contributed by atoms with Crippen LogP contribution in [-0.2, 0) is 22.3 Å². The lowest BCUT2D eigenvalue weighted by Gasteiger charge is -2.22. The van der Waals surface area contributed by atoms with Gasteiger partial charge in [-0.15, -0.1) is 24.5 Å². The highest BCUT2D eigenvalue weighted by Crippen LogP contribution is 2.34. The zero-order valence-corrected chi connectivity index (χ0v) is 22.3. The highest BCUT2D eigenvalue weighted by molar-refractivity contribution is 7.89. The highest BCUT2D eigenvalue weighted by atomic mass is 32.2. The molecule has 4 rings (SSSR count). The number of carbonyl (C=O) groups excluding carboxylic acids is 1. The number of hydrogen-bond donors (Lipinski definition) is 1. The van der Waals surface area contributed by atoms with E-state index >= 15 is 0 Å². The number of ether oxygens (including phenoxy) is 1. The van der Waals surface area contributed by atoms with Gasteiger partial charge in [0.2, 0.25) is 10.0 Å². The van der Waals surface area contributed by atoms with Crippen molar-refractivity contribution in [3.8, 4) is 11.8 Å². The lowest BCUT2D eigenvalue weighted by atomic mass is 10.1. The maximum Gasteiger partial charge on any atom is 0.573 e. The third-order valence-electron chi connectivity index (χ3n) is 5.36. The summed E-state index contributed by atoms with van der Waals surface area (Å²) in [4.78, 5) is 23.3. The van der Waals surface area contributed by atoms with Crippen LogP contribution in [-0.4, -0.2) is 30.7 Å². The van der Waals surface area contributed by atoms with Crippen molar-refractivity contribution < 1.29 is 31.1 Å². The van der Waals surface area contributed by atoms with E-state index in [1.165, 1.54) is 36.7 Å². The Morgan fingerprint density at radius 2 is 1.80 bits per heavy atom. The predicted molar refractivity (Wildman–Crippen MR) is 141 cm³/mol. The number of anilines is 2. The Morgan fingerprint density at radius 1 is 1.10 bits per heavy atom. The Morgan fingerprint density at radius 3 is 2.40 bits per heavy atom. The number of carbonyl (C=O) groups is 1. The average molecular weight is 588 g/mol. The normalized spacial score (nSPS) is 11.5. The molecular formula is C26H20F3N5O4S2. The summed E-state index contributed by atoms with van der Waals surface area (Å²) in [6, 6.07) is 16.9. The molecule has 0 unspecified atom stereocenters. The Bertz CT molecular complexity index is 1640. The van der Waals surface area contributed by atoms with Crippen molar-refractivity contribution in [2.75, 3.05) is 4.90 Å². The first kappa shape index (κ1) is 28.5. The third-order valence-corrected chi connectivity index (χ3v) is 7.57. The summed E-state index contributed by atoms with van der Waals surface area (Å²) in [5.41, 5.74) is 1.89. The quantitative estimate of drug-likeness (QED) is 0.283. The number of aryl methyl sites for hydroxylation is 1. The van der Waals surface area contributed by atoms with Gasteiger partial charge in [-0.1, -0.05) is 18.2 Å². The Balaban J connectivity index is 1.60. The van der Waals surface area contributed by atoms with Gasteiger partial charge in [-0.05, 0) is 60.5 Å². The standard InChI is InChI=1S/C26H20F3N5O4S2/c1-17-23(24(35)33-40(36,37)16-20-3-2-12-31-14-20)32-25(39-17)34(21-8-4-18(13-30)5-9-21)15-19-6-10-22(11-7-19)38-26(27,28)29/h2-12,14H,15-16H2,1H3,(H,33,35). The molecular weight excluding hydrogens is 567 g/mol. The van der Waals surface area contributed by atoms with Crippen LogP contribution in [0.1, 0.15) is 32.1 Å². The zero-order chi connectivity index (χ0) is 28.9. The summed E-state index contributed by atoms with van der Waals surface area (Å²) in [7, 11) is -4.05. The van der Waals surface area contributed by atoms with Crippen LogP contribution >= 0.6 is 11.3 Å². The minimum Gasteiger partial charge on any atom is -0.406 e. The Kier molecular flexibility index (Phi) is 8.36. The number of thiazole rings is 1. The number of nitrogens with one attached hydrogen (secondary N) is 1. The molecule has 14 heteroatoms. The molecule has 2 aromatic carbocycles. The van der Waals surface area contributed by atoms with E-state index in [2.05, 4.69) is 14.7 Å². The number of nitrogens with zero attached hydrogens (tertiary/aromatic N) is 4. The van der Waals surface area contributed by atoms with E-state index in [1.54, 1.807) is 48.2 Å². The minimum absolute atomic E-state index is 0.0951. The Labute approximate surface area is 231 Å². The maximum atomic E-state index is 12.9. The zero-order valence-electron chi connectivity index (χ0n) is 20.7. The van der Waals surface area contributed by atoms with Crippen LogP contribution in [0.15, 0.2) is 73.1 Å². The molecule has 0 spiro atoms. The Hall–Kier alpha value is -4.48. The van der Waals surface area contributed by atoms with Gasteiger partial charge in [0.15, 0.2) is 5.13 Å². The monoisotopic (exact) mass is 587 g/mol. The molecule has 2 aromatic heterocycles. The fourth-order valence-corrected chi connectivity index (χ4v) is 5.59. The van der Waals surface area contributed by atoms with E-state index in [0.29, 0.717) is 32.4 Å². The number of nitriles is 1. The SMILES string of the molecule is Cc1sc(N(Cc2ccc(OC(F)(F)F)cc2)c2ccc(C#N)cc2)nc1C(=O)NS(=O)(=O)Cc1cccnc1. The largest absolute Gasteiger partial charge is 0.573 e. The summed E-state index contributed by atoms with van der Waals surface area (Å²) in [6.45, 7) is 1.75. The number of hydrogen-bond acceptors (Lipinski definition) is 9. The van der Waals surface area contributed by atoms with Gasteiger partial charge in [-0.3, -0.25) is 9.78 Å². The van der Waals surface area contributed by atoms with Gasteiger partial charge >= 0.3 is 6.36 Å². The molecule has 0 saturated heterocycles. The number of halogens is 3. The molecule has 0 saturated carbocycles. The van der Waals surface area contributed by atoms with E-state index in [1.807, 2.05) is 10.8 Å². The molecule has 1 amide bonds. The molecule has 4 aromatic rings. The van der Waals surface area contributed by atoms with Crippen LogP contribution in [0, 0.1) is 18.3 Å². The number of alkyl halides is 3. The molecule has 0 aliphatic rings. The first-order chi connectivity index (χ1) is 18.9. The number of amides is 1. The first-order valence-corrected chi connectivity index (χ1v) is 13.9. The number of benzene rings is 2. The van der Waals surface area contributed by atoms with E-state index < -0.39 is 28.0 Å². The van der Waals surface area contributed by atoms with Gasteiger partial charge in [0, 0.05) is 23.0 Å². The molecule has 0 bridgehead atoms. The van der Waals surface area contributed by atoms with E-state index in [0.717, 1.165) is 11.3 Å². The first-order valence-electron chi connectivity index (χ1n) is 11.5. The summed E-state index contributed by atoms with van der Waals surface area (Å²) >= 11 is 1.13. The van der Waals surface area contributed by atoms with Gasteiger partial charge in [-0.2, -0.15) is 5.26 Å². The maximum absolute atomic E-state index is 12.9. The predicted octanol–water partition coefficient (Wildman–Crippen LogP) is 5.21. The van der Waals surface area contributed by atoms with Crippen LogP contribution in [0.25, 0.3) is 0 Å². The van der Waals surface area contributed by atoms with Crippen molar-refractivity contribution in [1.82, 2.24) is 14.7 Å². The minimum atomic E-state index is -4.82. The summed E-state index contributed by atoms with van der Waals surface area (Å²) in [6.07, 6.45) is -1.94. The molecule has 2 heterocycles. The number of sulfonamides is 1. The van der Waals surface area contributed by atoms with Crippen molar-refractivity contribution in [2.45, 2.75) is 25.6 Å². The van der Waals surface area contributed by atoms with Gasteiger partial charge in [0.1, 0.15) is 11.4 Å². The van der Waals surface area contributed by atoms with Gasteiger partial charge in [-0.25, -0.2) is 18.1 Å². The summed E-state index contributed by atoms with van der Waals surface area (Å²) < 4.78 is 68.7. The van der Waals surface area contributed by atoms with E-state index in [9.17, 15) is 26.4 Å². The molecule has 9 nitrogen and oxygen atoms in total. The van der Waals surface area contributed by atoms with Crippen molar-refractivity contribution in [1.29, 1.82) is 5.26 Å². The molecule has 0 fully saturated rings. The van der Waals surface area contributed by atoms with Crippen molar-refractivity contribution in [3.05, 3.63) is 100 Å². The molecule has 0 atom stereocenters. The summed E-state index contributed by atoms with van der Waals surface area (Å²) in [5, 5.41) is 9.48. The van der Waals surface area contributed by atoms with Crippen LogP contribution in [0.4, 0.5) is 24.0 Å². The summed E-state index contributed by atoms with van der Waals surface area (Å²) in [5.74, 6) is -1.73. The van der Waals surface area contributed by atoms with Crippen LogP contribution in [0.3, 0.4) is 0 Å². The number of pyridine rings is 1. The number of aromatic nitrogens is 2. The smallest absolute Gasteiger partial charge is 0.406 e. The number of rotatable bonds is 9. The van der Waals surface area contributed by atoms with Gasteiger partial charge in [0.25, 0.3) is 5.91 Å². The van der Waals surface area contributed by atoms with Gasteiger partial charge < -0.3 is 9.64 Å². The second kappa shape index (κ2) is 11.7. The molecule has 206 valence electrons. The highest BCUT2D eigenvalue weighted by Gasteiger charge is 2.31. The fraction of sp³-hybridized carbons (Fsp3) is 0.154. The average Bonchev–Trinajstić information content (AvgIpc) is 3.29. The topological polar surface area (TPSA) is 125 Å². The second-order valence-corrected chi connectivity index (χ2v) is 11.3. The van der Waals surface area contributed by atoms with Crippen molar-refractivity contribution in [3.63, 3.8) is 0 Å². The molecule has 0 aliphatic carbocycles. The lowest BCUT2D eigenvalue weighted by Crippen LogP contribution is -2.32. The van der Waals surface area contributed by atoms with Crippen LogP contribution in [0.5, 0.6) is 5.75 Å². The molecule has 40 heavy (non-hydrogen) atoms. The molecule has 1 N–H and O–H groups in total.